The molecule has 3 rings (SSSR count). The van der Waals surface area contributed by atoms with Gasteiger partial charge in [0, 0.05) is 16.0 Å². The lowest BCUT2D eigenvalue weighted by molar-refractivity contribution is -0.138. The summed E-state index contributed by atoms with van der Waals surface area (Å²) in [5, 5.41) is 3.27. The SMILES string of the molecule is CC(C(=O)N1CCCC1c1ccccc1I)C1CNC1.Cl. The van der Waals surface area contributed by atoms with Crippen molar-refractivity contribution in [2.75, 3.05) is 19.6 Å². The van der Waals surface area contributed by atoms with E-state index in [1.165, 1.54) is 9.13 Å². The van der Waals surface area contributed by atoms with Crippen LogP contribution in [0.5, 0.6) is 0 Å². The molecule has 3 nitrogen and oxygen atoms in total. The first-order valence-electron chi connectivity index (χ1n) is 7.44. The number of nitrogens with zero attached hydrogens (tertiary/aromatic N) is 1. The van der Waals surface area contributed by atoms with Crippen molar-refractivity contribution in [3.05, 3.63) is 33.4 Å². The molecule has 2 aliphatic heterocycles. The number of halogens is 2. The van der Waals surface area contributed by atoms with Gasteiger partial charge in [-0.15, -0.1) is 12.4 Å². The Morgan fingerprint density at radius 1 is 1.38 bits per heavy atom. The lowest BCUT2D eigenvalue weighted by Gasteiger charge is -2.36. The van der Waals surface area contributed by atoms with Crippen LogP contribution in [-0.2, 0) is 4.79 Å². The number of carbonyl (C=O) groups excluding carboxylic acids is 1. The van der Waals surface area contributed by atoms with Crippen molar-refractivity contribution >= 4 is 40.9 Å². The van der Waals surface area contributed by atoms with Gasteiger partial charge in [-0.05, 0) is 66.1 Å². The zero-order valence-electron chi connectivity index (χ0n) is 12.2. The Kier molecular flexibility index (Phi) is 5.91. The van der Waals surface area contributed by atoms with E-state index in [0.29, 0.717) is 11.8 Å². The zero-order chi connectivity index (χ0) is 14.1. The molecule has 0 radical (unpaired) electrons. The van der Waals surface area contributed by atoms with Gasteiger partial charge < -0.3 is 10.2 Å². The van der Waals surface area contributed by atoms with Gasteiger partial charge in [-0.2, -0.15) is 0 Å². The van der Waals surface area contributed by atoms with Gasteiger partial charge >= 0.3 is 0 Å². The molecule has 0 saturated carbocycles. The van der Waals surface area contributed by atoms with E-state index in [0.717, 1.165) is 32.5 Å². The number of benzene rings is 1. The van der Waals surface area contributed by atoms with Crippen LogP contribution in [0.2, 0.25) is 0 Å². The van der Waals surface area contributed by atoms with Gasteiger partial charge in [0.2, 0.25) is 5.91 Å². The maximum Gasteiger partial charge on any atom is 0.226 e. The van der Waals surface area contributed by atoms with Crippen molar-refractivity contribution in [3.63, 3.8) is 0 Å². The van der Waals surface area contributed by atoms with Gasteiger partial charge in [0.15, 0.2) is 0 Å². The number of carbonyl (C=O) groups is 1. The second kappa shape index (κ2) is 7.29. The number of nitrogens with one attached hydrogen (secondary N) is 1. The second-order valence-electron chi connectivity index (χ2n) is 5.92. The highest BCUT2D eigenvalue weighted by Gasteiger charge is 2.37. The minimum absolute atomic E-state index is 0. The first kappa shape index (κ1) is 17.0. The first-order valence-corrected chi connectivity index (χ1v) is 8.52. The third-order valence-corrected chi connectivity index (χ3v) is 5.69. The van der Waals surface area contributed by atoms with Gasteiger partial charge in [-0.25, -0.2) is 0 Å². The Hall–Kier alpha value is -0.330. The molecule has 0 aliphatic carbocycles. The van der Waals surface area contributed by atoms with Crippen LogP contribution in [-0.4, -0.2) is 30.4 Å². The Labute approximate surface area is 146 Å². The summed E-state index contributed by atoms with van der Waals surface area (Å²) in [6.45, 7) is 5.00. The summed E-state index contributed by atoms with van der Waals surface area (Å²) in [6.07, 6.45) is 2.22. The number of rotatable bonds is 3. The van der Waals surface area contributed by atoms with Gasteiger partial charge in [0.05, 0.1) is 6.04 Å². The molecular weight excluding hydrogens is 399 g/mol. The monoisotopic (exact) mass is 420 g/mol. The van der Waals surface area contributed by atoms with Crippen LogP contribution in [0.4, 0.5) is 0 Å². The molecule has 1 aromatic rings. The highest BCUT2D eigenvalue weighted by atomic mass is 127. The van der Waals surface area contributed by atoms with E-state index in [9.17, 15) is 4.79 Å². The molecule has 2 aliphatic rings. The van der Waals surface area contributed by atoms with E-state index in [1.54, 1.807) is 0 Å². The molecule has 116 valence electrons. The molecule has 1 amide bonds. The van der Waals surface area contributed by atoms with Crippen molar-refractivity contribution < 1.29 is 4.79 Å². The van der Waals surface area contributed by atoms with Crippen LogP contribution in [0.25, 0.3) is 0 Å². The van der Waals surface area contributed by atoms with Gasteiger partial charge in [0.25, 0.3) is 0 Å². The van der Waals surface area contributed by atoms with Crippen molar-refractivity contribution in [2.45, 2.75) is 25.8 Å². The van der Waals surface area contributed by atoms with Crippen LogP contribution in [0.3, 0.4) is 0 Å². The van der Waals surface area contributed by atoms with Crippen LogP contribution in [0.1, 0.15) is 31.4 Å². The number of likely N-dealkylation sites (tertiary alicyclic amines) is 1. The predicted octanol–water partition coefficient (Wildman–Crippen LogP) is 3.23. The normalized spacial score (nSPS) is 23.3. The van der Waals surface area contributed by atoms with Crippen LogP contribution < -0.4 is 5.32 Å². The molecule has 21 heavy (non-hydrogen) atoms. The van der Waals surface area contributed by atoms with E-state index in [2.05, 4.69) is 64.0 Å². The number of amides is 1. The van der Waals surface area contributed by atoms with Gasteiger partial charge in [-0.3, -0.25) is 4.79 Å². The van der Waals surface area contributed by atoms with Crippen molar-refractivity contribution in [3.8, 4) is 0 Å². The molecule has 2 heterocycles. The minimum atomic E-state index is 0. The number of hydrogen-bond donors (Lipinski definition) is 1. The predicted molar refractivity (Wildman–Crippen MR) is 95.6 cm³/mol. The molecule has 0 aromatic heterocycles. The summed E-state index contributed by atoms with van der Waals surface area (Å²) in [5.41, 5.74) is 1.32. The molecule has 0 bridgehead atoms. The van der Waals surface area contributed by atoms with Crippen molar-refractivity contribution in [1.29, 1.82) is 0 Å². The first-order chi connectivity index (χ1) is 9.68. The lowest BCUT2D eigenvalue weighted by atomic mass is 9.87. The van der Waals surface area contributed by atoms with E-state index in [-0.39, 0.29) is 24.4 Å². The zero-order valence-corrected chi connectivity index (χ0v) is 15.2. The fourth-order valence-corrected chi connectivity index (χ4v) is 3.97. The lowest BCUT2D eigenvalue weighted by Crippen LogP contribution is -2.50. The molecule has 5 heteroatoms. The second-order valence-corrected chi connectivity index (χ2v) is 7.08. The van der Waals surface area contributed by atoms with Crippen LogP contribution >= 0.6 is 35.0 Å². The third-order valence-electron chi connectivity index (χ3n) is 4.71. The van der Waals surface area contributed by atoms with Crippen molar-refractivity contribution in [2.24, 2.45) is 11.8 Å². The smallest absolute Gasteiger partial charge is 0.226 e. The Bertz CT molecular complexity index is 507. The summed E-state index contributed by atoms with van der Waals surface area (Å²) < 4.78 is 1.27. The molecular formula is C16H22ClIN2O. The molecule has 2 atom stereocenters. The van der Waals surface area contributed by atoms with E-state index >= 15 is 0 Å². The molecule has 2 unspecified atom stereocenters. The van der Waals surface area contributed by atoms with Crippen LogP contribution in [0.15, 0.2) is 24.3 Å². The fraction of sp³-hybridized carbons (Fsp3) is 0.562. The molecule has 0 spiro atoms. The summed E-state index contributed by atoms with van der Waals surface area (Å²) in [7, 11) is 0. The maximum absolute atomic E-state index is 12.8. The molecule has 1 aromatic carbocycles. The minimum Gasteiger partial charge on any atom is -0.335 e. The Morgan fingerprint density at radius 2 is 2.10 bits per heavy atom. The van der Waals surface area contributed by atoms with E-state index in [4.69, 9.17) is 0 Å². The standard InChI is InChI=1S/C16H21IN2O.ClH/c1-11(12-9-18-10-12)16(20)19-8-4-7-15(19)13-5-2-3-6-14(13)17;/h2-3,5-6,11-12,15,18H,4,7-10H2,1H3;1H. The van der Waals surface area contributed by atoms with E-state index < -0.39 is 0 Å². The average Bonchev–Trinajstić information content (AvgIpc) is 2.85. The largest absolute Gasteiger partial charge is 0.335 e. The fourth-order valence-electron chi connectivity index (χ4n) is 3.23. The average molecular weight is 421 g/mol. The quantitative estimate of drug-likeness (QED) is 0.762. The van der Waals surface area contributed by atoms with E-state index in [1.807, 2.05) is 0 Å². The van der Waals surface area contributed by atoms with Crippen LogP contribution in [0, 0.1) is 15.4 Å². The molecule has 1 N–H and O–H groups in total. The Balaban J connectivity index is 0.00000161. The maximum atomic E-state index is 12.8. The summed E-state index contributed by atoms with van der Waals surface area (Å²) in [5.74, 6) is 1.02. The third kappa shape index (κ3) is 3.37. The summed E-state index contributed by atoms with van der Waals surface area (Å²) in [4.78, 5) is 14.9. The van der Waals surface area contributed by atoms with Gasteiger partial charge in [-0.1, -0.05) is 25.1 Å². The van der Waals surface area contributed by atoms with Gasteiger partial charge in [0.1, 0.15) is 0 Å². The Morgan fingerprint density at radius 3 is 2.71 bits per heavy atom. The number of hydrogen-bond acceptors (Lipinski definition) is 2. The summed E-state index contributed by atoms with van der Waals surface area (Å²) >= 11 is 2.38. The highest BCUT2D eigenvalue weighted by Crippen LogP contribution is 2.36. The highest BCUT2D eigenvalue weighted by molar-refractivity contribution is 14.1. The summed E-state index contributed by atoms with van der Waals surface area (Å²) in [6, 6.07) is 8.74. The molecule has 2 saturated heterocycles. The molecule has 2 fully saturated rings. The van der Waals surface area contributed by atoms with Crippen molar-refractivity contribution in [1.82, 2.24) is 10.2 Å². The topological polar surface area (TPSA) is 32.3 Å².